The van der Waals surface area contributed by atoms with Gasteiger partial charge in [-0.1, -0.05) is 59.1 Å². The van der Waals surface area contributed by atoms with Crippen molar-refractivity contribution in [3.63, 3.8) is 0 Å². The number of nitro benzene ring substituents is 2. The van der Waals surface area contributed by atoms with Gasteiger partial charge in [0.2, 0.25) is 0 Å². The zero-order chi connectivity index (χ0) is 45.2. The Kier molecular flexibility index (Phi) is 15.3. The lowest BCUT2D eigenvalue weighted by Crippen LogP contribution is -2.36. The molecule has 2 saturated heterocycles. The number of hydrogen-bond donors (Lipinski definition) is 2. The van der Waals surface area contributed by atoms with Gasteiger partial charge in [-0.3, -0.25) is 30.2 Å². The fraction of sp³-hybridized carbons (Fsp3) is 0.238. The lowest BCUT2D eigenvalue weighted by Gasteiger charge is -2.29. The maximum atomic E-state index is 12.4. The van der Waals surface area contributed by atoms with Crippen LogP contribution in [0.25, 0.3) is 21.8 Å². The van der Waals surface area contributed by atoms with E-state index in [-0.39, 0.29) is 28.2 Å². The summed E-state index contributed by atoms with van der Waals surface area (Å²) in [5, 5.41) is 29.5. The van der Waals surface area contributed by atoms with Crippen LogP contribution < -0.4 is 20.9 Å². The fourth-order valence-corrected chi connectivity index (χ4v) is 7.45. The van der Waals surface area contributed by atoms with Crippen LogP contribution in [0.5, 0.6) is 0 Å². The molecule has 0 aliphatic carbocycles. The van der Waals surface area contributed by atoms with Crippen molar-refractivity contribution in [2.75, 3.05) is 87.7 Å². The molecule has 328 valence electrons. The van der Waals surface area contributed by atoms with Gasteiger partial charge in [-0.05, 0) is 48.5 Å². The van der Waals surface area contributed by atoms with Crippen LogP contribution in [-0.2, 0) is 18.9 Å². The van der Waals surface area contributed by atoms with Gasteiger partial charge in [0.1, 0.15) is 22.5 Å². The molecule has 0 bridgehead atoms. The lowest BCUT2D eigenvalue weighted by atomic mass is 10.1. The maximum Gasteiger partial charge on any atom is 0.345 e. The summed E-state index contributed by atoms with van der Waals surface area (Å²) in [4.78, 5) is 58.2. The molecule has 0 saturated carbocycles. The molecule has 18 nitrogen and oxygen atoms in total. The first-order valence-electron chi connectivity index (χ1n) is 19.0. The Bertz CT molecular complexity index is 2640. The summed E-state index contributed by atoms with van der Waals surface area (Å²) in [5.41, 5.74) is 7.98. The number of carbonyl (C=O) groups excluding carboxylic acids is 2. The molecule has 0 amide bonds. The summed E-state index contributed by atoms with van der Waals surface area (Å²) in [7, 11) is 2.36. The van der Waals surface area contributed by atoms with E-state index in [9.17, 15) is 29.8 Å². The number of nitrogen functional groups attached to an aromatic ring is 1. The van der Waals surface area contributed by atoms with Crippen molar-refractivity contribution in [2.24, 2.45) is 0 Å². The van der Waals surface area contributed by atoms with Crippen molar-refractivity contribution >= 4 is 108 Å². The van der Waals surface area contributed by atoms with E-state index in [1.54, 1.807) is 48.8 Å². The number of nitrogens with two attached hydrogens (primary N) is 1. The number of nitrogens with zero attached hydrogens (tertiary/aromatic N) is 6. The van der Waals surface area contributed by atoms with E-state index in [2.05, 4.69) is 20.0 Å². The molecule has 2 fully saturated rings. The number of esters is 2. The van der Waals surface area contributed by atoms with Gasteiger partial charge >= 0.3 is 23.3 Å². The third-order valence-electron chi connectivity index (χ3n) is 9.81. The number of rotatable bonds is 8. The van der Waals surface area contributed by atoms with Gasteiger partial charge in [0.05, 0.1) is 76.6 Å². The second-order valence-electron chi connectivity index (χ2n) is 13.6. The van der Waals surface area contributed by atoms with Crippen LogP contribution >= 0.6 is 34.8 Å². The topological polar surface area (TPSA) is 228 Å². The molecule has 0 atom stereocenters. The number of pyridine rings is 2. The number of hydrogen-bond acceptors (Lipinski definition) is 16. The minimum Gasteiger partial charge on any atom is -0.465 e. The Hall–Kier alpha value is -6.57. The Morgan fingerprint density at radius 3 is 1.65 bits per heavy atom. The van der Waals surface area contributed by atoms with E-state index >= 15 is 0 Å². The van der Waals surface area contributed by atoms with Gasteiger partial charge < -0.3 is 39.8 Å². The number of nitrogens with one attached hydrogen (secondary N) is 1. The Morgan fingerprint density at radius 1 is 0.667 bits per heavy atom. The van der Waals surface area contributed by atoms with Gasteiger partial charge in [0.15, 0.2) is 0 Å². The van der Waals surface area contributed by atoms with E-state index in [1.165, 1.54) is 32.4 Å². The number of ether oxygens (including phenoxy) is 4. The number of morpholine rings is 2. The van der Waals surface area contributed by atoms with Gasteiger partial charge in [-0.15, -0.1) is 0 Å². The molecule has 4 aromatic carbocycles. The molecule has 2 aliphatic rings. The number of para-hydroxylation sites is 2. The zero-order valence-electron chi connectivity index (χ0n) is 33.7. The number of aromatic nitrogens is 2. The van der Waals surface area contributed by atoms with Crippen LogP contribution in [-0.4, -0.2) is 98.6 Å². The molecule has 0 spiro atoms. The second kappa shape index (κ2) is 21.0. The molecule has 0 radical (unpaired) electrons. The van der Waals surface area contributed by atoms with Crippen molar-refractivity contribution in [3.05, 3.63) is 132 Å². The van der Waals surface area contributed by atoms with Crippen LogP contribution in [0.15, 0.2) is 85.2 Å². The normalized spacial score (nSPS) is 13.5. The third-order valence-corrected chi connectivity index (χ3v) is 10.7. The average Bonchev–Trinajstić information content (AvgIpc) is 3.29. The first-order valence-corrected chi connectivity index (χ1v) is 20.2. The number of fused-ring (bicyclic) bond motifs is 2. The molecule has 6 aromatic rings. The lowest BCUT2D eigenvalue weighted by molar-refractivity contribution is -0.384. The Labute approximate surface area is 374 Å². The Morgan fingerprint density at radius 2 is 1.14 bits per heavy atom. The van der Waals surface area contributed by atoms with E-state index in [0.717, 1.165) is 10.9 Å². The number of carbonyl (C=O) groups is 2. The van der Waals surface area contributed by atoms with Crippen LogP contribution in [0.1, 0.15) is 20.7 Å². The summed E-state index contributed by atoms with van der Waals surface area (Å²) >= 11 is 18.1. The molecule has 4 heterocycles. The van der Waals surface area contributed by atoms with Crippen LogP contribution in [0.4, 0.5) is 39.8 Å². The van der Waals surface area contributed by atoms with E-state index in [0.29, 0.717) is 95.6 Å². The van der Waals surface area contributed by atoms with Crippen LogP contribution in [0.3, 0.4) is 0 Å². The maximum absolute atomic E-state index is 12.4. The highest BCUT2D eigenvalue weighted by atomic mass is 35.5. The smallest absolute Gasteiger partial charge is 0.345 e. The first kappa shape index (κ1) is 45.9. The van der Waals surface area contributed by atoms with Crippen molar-refractivity contribution in [1.29, 1.82) is 0 Å². The molecule has 3 N–H and O–H groups in total. The number of halogens is 3. The second-order valence-corrected chi connectivity index (χ2v) is 14.8. The predicted molar refractivity (Wildman–Crippen MR) is 241 cm³/mol. The monoisotopic (exact) mass is 920 g/mol. The zero-order valence-corrected chi connectivity index (χ0v) is 36.0. The van der Waals surface area contributed by atoms with Crippen LogP contribution in [0, 0.1) is 20.2 Å². The van der Waals surface area contributed by atoms with Crippen molar-refractivity contribution in [3.8, 4) is 0 Å². The fourth-order valence-electron chi connectivity index (χ4n) is 6.80. The van der Waals surface area contributed by atoms with Gasteiger partial charge in [-0.2, -0.15) is 0 Å². The van der Waals surface area contributed by atoms with E-state index in [1.807, 2.05) is 28.0 Å². The summed E-state index contributed by atoms with van der Waals surface area (Å²) < 4.78 is 20.0. The third kappa shape index (κ3) is 10.7. The quantitative estimate of drug-likeness (QED) is 0.0631. The average molecular weight is 922 g/mol. The summed E-state index contributed by atoms with van der Waals surface area (Å²) in [6.07, 6.45) is 3.21. The summed E-state index contributed by atoms with van der Waals surface area (Å²) in [6.45, 7) is 4.66. The minimum atomic E-state index is -0.785. The Balaban J connectivity index is 0.000000175. The molecule has 63 heavy (non-hydrogen) atoms. The highest BCUT2D eigenvalue weighted by Gasteiger charge is 2.30. The SMILES string of the molecule is COC(=O)c1cc(N2CCOCC2)cc(N)c1[N+](=O)[O-].COC(=O)c1cc(N2CCOCC2)cc(Nc2ccnc3c(Cl)cccc23)c1[N+](=O)[O-].Clc1ccnc2c(Cl)cccc12. The predicted octanol–water partition coefficient (Wildman–Crippen LogP) is 8.51. The largest absolute Gasteiger partial charge is 0.465 e. The molecular formula is C42H39Cl3N8O10. The van der Waals surface area contributed by atoms with Gasteiger partial charge in [0.25, 0.3) is 0 Å². The van der Waals surface area contributed by atoms with E-state index in [4.69, 9.17) is 54.7 Å². The van der Waals surface area contributed by atoms with Crippen LogP contribution in [0.2, 0.25) is 15.1 Å². The molecule has 2 aromatic heterocycles. The molecular weight excluding hydrogens is 883 g/mol. The summed E-state index contributed by atoms with van der Waals surface area (Å²) in [6, 6.07) is 20.4. The van der Waals surface area contributed by atoms with Crippen molar-refractivity contribution in [2.45, 2.75) is 0 Å². The molecule has 21 heteroatoms. The van der Waals surface area contributed by atoms with E-state index < -0.39 is 27.5 Å². The van der Waals surface area contributed by atoms with Crippen molar-refractivity contribution in [1.82, 2.24) is 9.97 Å². The van der Waals surface area contributed by atoms with Gasteiger partial charge in [-0.25, -0.2) is 9.59 Å². The minimum absolute atomic E-state index is 0.0561. The molecule has 8 rings (SSSR count). The highest BCUT2D eigenvalue weighted by Crippen LogP contribution is 2.39. The highest BCUT2D eigenvalue weighted by molar-refractivity contribution is 6.39. The standard InChI is InChI=1S/C21H19ClN4O5.C12H15N3O5.C9H5Cl2N/c1-30-21(27)15-11-13(25-7-9-31-10-8-25)12-18(20(15)26(28)29)24-17-5-6-23-19-14(17)3-2-4-16(19)22;1-19-12(16)9-6-8(14-2-4-20-5-3-14)7-10(13)11(9)15(17)18;10-7-4-5-12-9-6(7)2-1-3-8(9)11/h2-6,11-12H,7-10H2,1H3,(H,23,24);6-7H,2-5,13H2,1H3;1-5H. The van der Waals surface area contributed by atoms with Gasteiger partial charge in [0, 0.05) is 66.4 Å². The first-order chi connectivity index (χ1) is 30.3. The number of anilines is 5. The molecule has 0 unspecified atom stereocenters. The number of nitro groups is 2. The number of benzene rings is 4. The molecule has 2 aliphatic heterocycles. The van der Waals surface area contributed by atoms with Crippen molar-refractivity contribution < 1.29 is 38.4 Å². The number of methoxy groups -OCH3 is 2. The summed E-state index contributed by atoms with van der Waals surface area (Å²) in [5.74, 6) is -1.56.